The summed E-state index contributed by atoms with van der Waals surface area (Å²) >= 11 is 1.37. The molecule has 0 aliphatic heterocycles. The molecule has 2 rings (SSSR count). The summed E-state index contributed by atoms with van der Waals surface area (Å²) in [7, 11) is 0. The fourth-order valence-electron chi connectivity index (χ4n) is 2.28. The number of hydrogen-bond acceptors (Lipinski definition) is 5. The Bertz CT molecular complexity index is 489. The zero-order valence-electron chi connectivity index (χ0n) is 12.7. The zero-order valence-corrected chi connectivity index (χ0v) is 14.3. The molecule has 0 saturated heterocycles. The molecule has 1 aliphatic rings. The van der Waals surface area contributed by atoms with Gasteiger partial charge in [-0.1, -0.05) is 11.8 Å². The number of amides is 1. The summed E-state index contributed by atoms with van der Waals surface area (Å²) in [6.45, 7) is 6.36. The van der Waals surface area contributed by atoms with Gasteiger partial charge in [0, 0.05) is 17.9 Å². The van der Waals surface area contributed by atoms with Crippen LogP contribution < -0.4 is 11.1 Å². The van der Waals surface area contributed by atoms with Gasteiger partial charge in [0.05, 0.1) is 11.3 Å². The summed E-state index contributed by atoms with van der Waals surface area (Å²) in [5.74, 6) is 0.849. The number of aromatic nitrogens is 2. The third-order valence-electron chi connectivity index (χ3n) is 3.62. The minimum absolute atomic E-state index is 0. The second kappa shape index (κ2) is 7.42. The Hall–Kier alpha value is -0.850. The number of nitrogens with one attached hydrogen (secondary N) is 1. The van der Waals surface area contributed by atoms with Crippen LogP contribution in [-0.4, -0.2) is 33.7 Å². The van der Waals surface area contributed by atoms with Crippen LogP contribution >= 0.6 is 24.2 Å². The Morgan fingerprint density at radius 2 is 2.00 bits per heavy atom. The van der Waals surface area contributed by atoms with Crippen molar-refractivity contribution < 1.29 is 4.79 Å². The average Bonchev–Trinajstić information content (AvgIpc) is 3.19. The first kappa shape index (κ1) is 18.2. The molecule has 5 nitrogen and oxygen atoms in total. The van der Waals surface area contributed by atoms with E-state index in [1.165, 1.54) is 11.8 Å². The summed E-state index contributed by atoms with van der Waals surface area (Å²) in [5, 5.41) is 3.72. The normalized spacial score (nSPS) is 16.8. The molecule has 1 aliphatic carbocycles. The SMILES string of the molecule is Cc1cc(C)nc(SCC(=O)NC(C)(CN)C2CC2)n1.Cl. The third kappa shape index (κ3) is 5.13. The lowest BCUT2D eigenvalue weighted by Gasteiger charge is -2.29. The van der Waals surface area contributed by atoms with E-state index < -0.39 is 0 Å². The molecule has 1 aromatic rings. The molecule has 1 fully saturated rings. The average molecular weight is 331 g/mol. The Balaban J connectivity index is 0.00000220. The number of nitrogens with two attached hydrogens (primary N) is 1. The number of halogens is 1. The second-order valence-corrected chi connectivity index (χ2v) is 6.61. The minimum atomic E-state index is -0.263. The van der Waals surface area contributed by atoms with Crippen molar-refractivity contribution in [1.82, 2.24) is 15.3 Å². The number of rotatable bonds is 6. The van der Waals surface area contributed by atoms with E-state index in [9.17, 15) is 4.79 Å². The molecule has 21 heavy (non-hydrogen) atoms. The Kier molecular flexibility index (Phi) is 6.43. The molecule has 3 N–H and O–H groups in total. The first-order valence-electron chi connectivity index (χ1n) is 6.89. The molecule has 0 spiro atoms. The van der Waals surface area contributed by atoms with E-state index in [0.29, 0.717) is 23.4 Å². The predicted molar refractivity (Wildman–Crippen MR) is 87.8 cm³/mol. The molecular weight excluding hydrogens is 308 g/mol. The van der Waals surface area contributed by atoms with Gasteiger partial charge in [-0.05, 0) is 45.6 Å². The van der Waals surface area contributed by atoms with E-state index in [1.807, 2.05) is 26.8 Å². The summed E-state index contributed by atoms with van der Waals surface area (Å²) in [4.78, 5) is 20.7. The molecule has 0 radical (unpaired) electrons. The van der Waals surface area contributed by atoms with Gasteiger partial charge >= 0.3 is 0 Å². The van der Waals surface area contributed by atoms with Gasteiger partial charge in [0.1, 0.15) is 0 Å². The largest absolute Gasteiger partial charge is 0.349 e. The van der Waals surface area contributed by atoms with Crippen LogP contribution in [0.2, 0.25) is 0 Å². The van der Waals surface area contributed by atoms with Crippen LogP contribution in [0.1, 0.15) is 31.2 Å². The van der Waals surface area contributed by atoms with Crippen molar-refractivity contribution in [3.63, 3.8) is 0 Å². The van der Waals surface area contributed by atoms with E-state index in [0.717, 1.165) is 24.2 Å². The topological polar surface area (TPSA) is 80.9 Å². The van der Waals surface area contributed by atoms with Crippen molar-refractivity contribution >= 4 is 30.1 Å². The van der Waals surface area contributed by atoms with Crippen LogP contribution in [0.25, 0.3) is 0 Å². The Labute approximate surface area is 136 Å². The first-order chi connectivity index (χ1) is 9.43. The summed E-state index contributed by atoms with van der Waals surface area (Å²) < 4.78 is 0. The smallest absolute Gasteiger partial charge is 0.230 e. The Morgan fingerprint density at radius 3 is 2.48 bits per heavy atom. The molecule has 1 unspecified atom stereocenters. The highest BCUT2D eigenvalue weighted by molar-refractivity contribution is 7.99. The number of hydrogen-bond donors (Lipinski definition) is 2. The third-order valence-corrected chi connectivity index (χ3v) is 4.47. The van der Waals surface area contributed by atoms with Crippen LogP contribution in [-0.2, 0) is 4.79 Å². The van der Waals surface area contributed by atoms with Crippen molar-refractivity contribution in [3.05, 3.63) is 17.5 Å². The maximum atomic E-state index is 12.0. The summed E-state index contributed by atoms with van der Waals surface area (Å²) in [5.41, 5.74) is 7.38. The standard InChI is InChI=1S/C14H22N4OS.ClH/c1-9-6-10(2)17-13(16-9)20-7-12(19)18-14(3,8-15)11-4-5-11;/h6,11H,4-5,7-8,15H2,1-3H3,(H,18,19);1H. The van der Waals surface area contributed by atoms with Gasteiger partial charge in [-0.2, -0.15) is 0 Å². The lowest BCUT2D eigenvalue weighted by molar-refractivity contribution is -0.120. The lowest BCUT2D eigenvalue weighted by atomic mass is 9.96. The van der Waals surface area contributed by atoms with Gasteiger partial charge < -0.3 is 11.1 Å². The van der Waals surface area contributed by atoms with Gasteiger partial charge in [0.25, 0.3) is 0 Å². The minimum Gasteiger partial charge on any atom is -0.349 e. The van der Waals surface area contributed by atoms with Crippen molar-refractivity contribution in [3.8, 4) is 0 Å². The van der Waals surface area contributed by atoms with Crippen molar-refractivity contribution in [2.24, 2.45) is 11.7 Å². The van der Waals surface area contributed by atoms with Crippen molar-refractivity contribution in [1.29, 1.82) is 0 Å². The molecule has 1 aromatic heterocycles. The molecule has 1 saturated carbocycles. The quantitative estimate of drug-likeness (QED) is 0.614. The molecular formula is C14H23ClN4OS. The maximum Gasteiger partial charge on any atom is 0.230 e. The van der Waals surface area contributed by atoms with Crippen LogP contribution in [0.5, 0.6) is 0 Å². The van der Waals surface area contributed by atoms with E-state index in [1.54, 1.807) is 0 Å². The molecule has 1 atom stereocenters. The fourth-order valence-corrected chi connectivity index (χ4v) is 3.03. The number of carbonyl (C=O) groups excluding carboxylic acids is 1. The van der Waals surface area contributed by atoms with Crippen molar-refractivity contribution in [2.75, 3.05) is 12.3 Å². The van der Waals surface area contributed by atoms with Gasteiger partial charge in [-0.25, -0.2) is 9.97 Å². The summed E-state index contributed by atoms with van der Waals surface area (Å²) in [6, 6.07) is 1.92. The van der Waals surface area contributed by atoms with E-state index >= 15 is 0 Å². The van der Waals surface area contributed by atoms with Crippen LogP contribution in [0.3, 0.4) is 0 Å². The molecule has 118 valence electrons. The van der Waals surface area contributed by atoms with Gasteiger partial charge in [0.15, 0.2) is 5.16 Å². The fraction of sp³-hybridized carbons (Fsp3) is 0.643. The van der Waals surface area contributed by atoms with E-state index in [2.05, 4.69) is 15.3 Å². The monoisotopic (exact) mass is 330 g/mol. The van der Waals surface area contributed by atoms with E-state index in [4.69, 9.17) is 5.73 Å². The van der Waals surface area contributed by atoms with Crippen molar-refractivity contribution in [2.45, 2.75) is 44.3 Å². The second-order valence-electron chi connectivity index (χ2n) is 5.67. The number of nitrogens with zero attached hydrogens (tertiary/aromatic N) is 2. The van der Waals surface area contributed by atoms with Crippen LogP contribution in [0.4, 0.5) is 0 Å². The van der Waals surface area contributed by atoms with Crippen LogP contribution in [0.15, 0.2) is 11.2 Å². The van der Waals surface area contributed by atoms with E-state index in [-0.39, 0.29) is 23.9 Å². The number of aryl methyl sites for hydroxylation is 2. The lowest BCUT2D eigenvalue weighted by Crippen LogP contribution is -2.53. The van der Waals surface area contributed by atoms with Crippen LogP contribution in [0, 0.1) is 19.8 Å². The molecule has 7 heteroatoms. The number of thioether (sulfide) groups is 1. The highest BCUT2D eigenvalue weighted by Gasteiger charge is 2.41. The van der Waals surface area contributed by atoms with Gasteiger partial charge in [0.2, 0.25) is 5.91 Å². The molecule has 0 aromatic carbocycles. The maximum absolute atomic E-state index is 12.0. The number of carbonyl (C=O) groups is 1. The molecule has 1 amide bonds. The zero-order chi connectivity index (χ0) is 14.8. The predicted octanol–water partition coefficient (Wildman–Crippen LogP) is 1.85. The molecule has 0 bridgehead atoms. The highest BCUT2D eigenvalue weighted by atomic mass is 35.5. The van der Waals surface area contributed by atoms with Gasteiger partial charge in [-0.15, -0.1) is 12.4 Å². The van der Waals surface area contributed by atoms with Gasteiger partial charge in [-0.3, -0.25) is 4.79 Å². The highest BCUT2D eigenvalue weighted by Crippen LogP contribution is 2.39. The summed E-state index contributed by atoms with van der Waals surface area (Å²) in [6.07, 6.45) is 2.31. The molecule has 1 heterocycles. The first-order valence-corrected chi connectivity index (χ1v) is 7.87. The Morgan fingerprint density at radius 1 is 1.43 bits per heavy atom.